The number of hydrogen-bond acceptors (Lipinski definition) is 5. The fraction of sp³-hybridized carbons (Fsp3) is 0.364. The largest absolute Gasteiger partial charge is 0.550 e. The summed E-state index contributed by atoms with van der Waals surface area (Å²) < 4.78 is 22.5. The molecule has 1 rings (SSSR count). The zero-order valence-electron chi connectivity index (χ0n) is 9.93. The molecule has 17 heavy (non-hydrogen) atoms. The Bertz CT molecular complexity index is 488. The van der Waals surface area contributed by atoms with Gasteiger partial charge in [-0.25, -0.2) is 8.42 Å². The van der Waals surface area contributed by atoms with Gasteiger partial charge in [0, 0.05) is 18.0 Å². The van der Waals surface area contributed by atoms with E-state index < -0.39 is 15.8 Å². The lowest BCUT2D eigenvalue weighted by Crippen LogP contribution is -2.16. The third-order valence-electron chi connectivity index (χ3n) is 1.82. The predicted molar refractivity (Wildman–Crippen MR) is 67.7 cm³/mol. The first kappa shape index (κ1) is 16.0. The van der Waals surface area contributed by atoms with E-state index in [9.17, 15) is 8.42 Å². The van der Waals surface area contributed by atoms with Crippen LogP contribution in [0.2, 0.25) is 0 Å². The van der Waals surface area contributed by atoms with Gasteiger partial charge in [-0.2, -0.15) is 12.6 Å². The molecule has 0 heterocycles. The molecule has 0 fully saturated rings. The van der Waals surface area contributed by atoms with Crippen LogP contribution in [0.4, 0.5) is 0 Å². The molecular weight excluding hydrogens is 260 g/mol. The Balaban J connectivity index is 0.000000557. The van der Waals surface area contributed by atoms with Crippen molar-refractivity contribution >= 4 is 28.4 Å². The molecule has 0 atom stereocenters. The number of benzene rings is 1. The Morgan fingerprint density at radius 2 is 1.88 bits per heavy atom. The number of carboxylic acid groups (broad SMARTS) is 1. The average molecular weight is 275 g/mol. The van der Waals surface area contributed by atoms with Gasteiger partial charge in [-0.05, 0) is 31.0 Å². The van der Waals surface area contributed by atoms with Crippen molar-refractivity contribution in [2.75, 3.05) is 6.26 Å². The molecule has 0 saturated heterocycles. The van der Waals surface area contributed by atoms with Gasteiger partial charge < -0.3 is 9.90 Å². The topological polar surface area (TPSA) is 74.3 Å². The smallest absolute Gasteiger partial charge is 0.175 e. The van der Waals surface area contributed by atoms with E-state index in [1.807, 2.05) is 6.07 Å². The third kappa shape index (κ3) is 6.33. The molecule has 6 heteroatoms. The van der Waals surface area contributed by atoms with Crippen LogP contribution in [0.15, 0.2) is 23.1 Å². The van der Waals surface area contributed by atoms with Crippen molar-refractivity contribution in [1.29, 1.82) is 0 Å². The van der Waals surface area contributed by atoms with E-state index in [0.29, 0.717) is 10.6 Å². The van der Waals surface area contributed by atoms with Crippen LogP contribution in [0.1, 0.15) is 18.1 Å². The maximum atomic E-state index is 11.2. The minimum absolute atomic E-state index is 0.401. The molecule has 0 unspecified atom stereocenters. The summed E-state index contributed by atoms with van der Waals surface area (Å²) in [6.07, 6.45) is 1.22. The van der Waals surface area contributed by atoms with Gasteiger partial charge in [0.2, 0.25) is 0 Å². The van der Waals surface area contributed by atoms with Crippen LogP contribution in [0.3, 0.4) is 0 Å². The summed E-state index contributed by atoms with van der Waals surface area (Å²) in [6, 6.07) is 5.27. The molecule has 0 aliphatic heterocycles. The van der Waals surface area contributed by atoms with Gasteiger partial charge in [0.25, 0.3) is 0 Å². The van der Waals surface area contributed by atoms with E-state index in [1.165, 1.54) is 6.26 Å². The molecule has 1 aromatic rings. The second-order valence-electron chi connectivity index (χ2n) is 3.52. The van der Waals surface area contributed by atoms with Crippen molar-refractivity contribution in [1.82, 2.24) is 0 Å². The minimum Gasteiger partial charge on any atom is -0.550 e. The zero-order chi connectivity index (χ0) is 13.6. The van der Waals surface area contributed by atoms with Crippen molar-refractivity contribution in [3.8, 4) is 0 Å². The van der Waals surface area contributed by atoms with E-state index in [4.69, 9.17) is 9.90 Å². The van der Waals surface area contributed by atoms with Crippen LogP contribution in [0, 0.1) is 6.92 Å². The summed E-state index contributed by atoms with van der Waals surface area (Å²) in [6.45, 7) is 2.77. The number of sulfone groups is 1. The maximum Gasteiger partial charge on any atom is 0.175 e. The molecule has 1 aromatic carbocycles. The molecule has 96 valence electrons. The number of thiol groups is 1. The molecule has 0 amide bonds. The van der Waals surface area contributed by atoms with Crippen molar-refractivity contribution in [3.05, 3.63) is 29.3 Å². The van der Waals surface area contributed by atoms with Crippen molar-refractivity contribution in [3.63, 3.8) is 0 Å². The lowest BCUT2D eigenvalue weighted by atomic mass is 10.2. The molecule has 0 aliphatic carbocycles. The number of hydrogen-bond donors (Lipinski definition) is 1. The number of carbonyl (C=O) groups is 1. The predicted octanol–water partition coefficient (Wildman–Crippen LogP) is 0.585. The molecule has 0 bridgehead atoms. The normalized spacial score (nSPS) is 10.4. The van der Waals surface area contributed by atoms with Gasteiger partial charge in [0.1, 0.15) is 0 Å². The number of aliphatic carboxylic acids is 1. The van der Waals surface area contributed by atoms with Crippen LogP contribution < -0.4 is 5.11 Å². The highest BCUT2D eigenvalue weighted by molar-refractivity contribution is 7.90. The maximum absolute atomic E-state index is 11.2. The van der Waals surface area contributed by atoms with Gasteiger partial charge in [-0.3, -0.25) is 0 Å². The van der Waals surface area contributed by atoms with Crippen molar-refractivity contribution in [2.24, 2.45) is 0 Å². The highest BCUT2D eigenvalue weighted by Crippen LogP contribution is 2.17. The van der Waals surface area contributed by atoms with Gasteiger partial charge in [0.15, 0.2) is 9.84 Å². The summed E-state index contributed by atoms with van der Waals surface area (Å²) in [5.41, 5.74) is 1.82. The van der Waals surface area contributed by atoms with Gasteiger partial charge >= 0.3 is 0 Å². The van der Waals surface area contributed by atoms with Gasteiger partial charge in [-0.1, -0.05) is 12.1 Å². The van der Waals surface area contributed by atoms with E-state index in [2.05, 4.69) is 12.6 Å². The second kappa shape index (κ2) is 6.66. The van der Waals surface area contributed by atoms with Crippen LogP contribution in [-0.4, -0.2) is 20.6 Å². The van der Waals surface area contributed by atoms with Gasteiger partial charge in [0.05, 0.1) is 4.90 Å². The monoisotopic (exact) mass is 275 g/mol. The lowest BCUT2D eigenvalue weighted by molar-refractivity contribution is -0.302. The average Bonchev–Trinajstić information content (AvgIpc) is 2.14. The Kier molecular flexibility index (Phi) is 6.26. The van der Waals surface area contributed by atoms with E-state index in [1.54, 1.807) is 19.1 Å². The molecule has 0 saturated carbocycles. The summed E-state index contributed by atoms with van der Waals surface area (Å²) in [5.74, 6) is -0.453. The second-order valence-corrected chi connectivity index (χ2v) is 5.82. The third-order valence-corrected chi connectivity index (χ3v) is 3.44. The first-order chi connectivity index (χ1) is 7.68. The van der Waals surface area contributed by atoms with Crippen LogP contribution in [0.25, 0.3) is 0 Å². The SMILES string of the molecule is CC(=O)[O-].Cc1cc(CS)ccc1S(C)(=O)=O. The van der Waals surface area contributed by atoms with Gasteiger partial charge in [-0.15, -0.1) is 0 Å². The standard InChI is InChI=1S/C9H12O2S2.C2H4O2/c1-7-5-8(6-12)3-4-9(7)13(2,10)11;1-2(3)4/h3-5,12H,6H2,1-2H3;1H3,(H,3,4)/p-1. The molecule has 0 radical (unpaired) electrons. The van der Waals surface area contributed by atoms with E-state index in [0.717, 1.165) is 18.1 Å². The Labute approximate surface area is 107 Å². The number of aryl methyl sites for hydroxylation is 1. The van der Waals surface area contributed by atoms with Crippen molar-refractivity contribution in [2.45, 2.75) is 24.5 Å². The van der Waals surface area contributed by atoms with Crippen molar-refractivity contribution < 1.29 is 18.3 Å². The summed E-state index contributed by atoms with van der Waals surface area (Å²) in [4.78, 5) is 9.29. The first-order valence-electron chi connectivity index (χ1n) is 4.76. The summed E-state index contributed by atoms with van der Waals surface area (Å²) >= 11 is 4.11. The Hall–Kier alpha value is -1.01. The van der Waals surface area contributed by atoms with E-state index in [-0.39, 0.29) is 0 Å². The van der Waals surface area contributed by atoms with Crippen LogP contribution >= 0.6 is 12.6 Å². The number of rotatable bonds is 2. The Morgan fingerprint density at radius 3 is 2.18 bits per heavy atom. The first-order valence-corrected chi connectivity index (χ1v) is 7.29. The molecule has 0 N–H and O–H groups in total. The molecule has 0 aliphatic rings. The van der Waals surface area contributed by atoms with Crippen LogP contribution in [-0.2, 0) is 20.4 Å². The number of carbonyl (C=O) groups excluding carboxylic acids is 1. The fourth-order valence-electron chi connectivity index (χ4n) is 1.23. The molecule has 4 nitrogen and oxygen atoms in total. The molecule has 0 spiro atoms. The lowest BCUT2D eigenvalue weighted by Gasteiger charge is -2.04. The summed E-state index contributed by atoms with van der Waals surface area (Å²) in [7, 11) is -3.08. The number of carboxylic acids is 1. The minimum atomic E-state index is -3.08. The van der Waals surface area contributed by atoms with E-state index >= 15 is 0 Å². The fourth-order valence-corrected chi connectivity index (χ4v) is 2.38. The molecular formula is C11H15O4S2-. The van der Waals surface area contributed by atoms with Crippen LogP contribution in [0.5, 0.6) is 0 Å². The Morgan fingerprint density at radius 1 is 1.41 bits per heavy atom. The molecule has 0 aromatic heterocycles. The highest BCUT2D eigenvalue weighted by Gasteiger charge is 2.09. The quantitative estimate of drug-likeness (QED) is 0.801. The highest BCUT2D eigenvalue weighted by atomic mass is 32.2. The zero-order valence-corrected chi connectivity index (χ0v) is 11.6. The summed E-state index contributed by atoms with van der Waals surface area (Å²) in [5, 5.41) is 8.89.